The second-order valence-corrected chi connectivity index (χ2v) is 5.32. The van der Waals surface area contributed by atoms with E-state index in [1.54, 1.807) is 12.3 Å². The molecule has 0 atom stereocenters. The Hall–Kier alpha value is -1.77. The first-order valence-corrected chi connectivity index (χ1v) is 7.01. The number of rotatable bonds is 3. The van der Waals surface area contributed by atoms with E-state index < -0.39 is 0 Å². The van der Waals surface area contributed by atoms with Crippen LogP contribution in [0.4, 0.5) is 5.82 Å². The van der Waals surface area contributed by atoms with Crippen LogP contribution >= 0.6 is 23.2 Å². The fourth-order valence-electron chi connectivity index (χ4n) is 2.17. The second-order valence-electron chi connectivity index (χ2n) is 4.48. The maximum Gasteiger partial charge on any atom is 0.145 e. The quantitative estimate of drug-likeness (QED) is 0.723. The second kappa shape index (κ2) is 5.70. The van der Waals surface area contributed by atoms with Crippen molar-refractivity contribution in [2.75, 3.05) is 5.32 Å². The number of hydrogen-bond donors (Lipinski definition) is 1. The van der Waals surface area contributed by atoms with Gasteiger partial charge in [-0.25, -0.2) is 4.98 Å². The maximum absolute atomic E-state index is 6.10. The third kappa shape index (κ3) is 2.72. The lowest BCUT2D eigenvalue weighted by molar-refractivity contribution is 1.12. The minimum Gasteiger partial charge on any atom is -0.365 e. The van der Waals surface area contributed by atoms with Gasteiger partial charge in [0.1, 0.15) is 5.82 Å². The Morgan fingerprint density at radius 3 is 2.65 bits per heavy atom. The number of anilines is 1. The van der Waals surface area contributed by atoms with Gasteiger partial charge in [-0.2, -0.15) is 0 Å². The summed E-state index contributed by atoms with van der Waals surface area (Å²) in [5.41, 5.74) is 1.20. The van der Waals surface area contributed by atoms with E-state index in [9.17, 15) is 0 Å². The lowest BCUT2D eigenvalue weighted by Crippen LogP contribution is -2.02. The summed E-state index contributed by atoms with van der Waals surface area (Å²) in [5, 5.41) is 6.76. The molecule has 1 N–H and O–H groups in total. The van der Waals surface area contributed by atoms with Crippen molar-refractivity contribution in [2.45, 2.75) is 6.54 Å². The molecule has 0 unspecified atom stereocenters. The van der Waals surface area contributed by atoms with Gasteiger partial charge >= 0.3 is 0 Å². The van der Waals surface area contributed by atoms with E-state index in [2.05, 4.69) is 40.6 Å². The van der Waals surface area contributed by atoms with Crippen LogP contribution in [0.2, 0.25) is 10.0 Å². The average molecular weight is 303 g/mol. The van der Waals surface area contributed by atoms with Crippen molar-refractivity contribution < 1.29 is 0 Å². The molecule has 0 fully saturated rings. The molecule has 0 aliphatic carbocycles. The molecule has 0 amide bonds. The first-order valence-electron chi connectivity index (χ1n) is 6.25. The highest BCUT2D eigenvalue weighted by atomic mass is 35.5. The van der Waals surface area contributed by atoms with Gasteiger partial charge in [0.2, 0.25) is 0 Å². The number of nitrogens with zero attached hydrogens (tertiary/aromatic N) is 1. The number of aromatic nitrogens is 1. The van der Waals surface area contributed by atoms with Crippen LogP contribution in [-0.4, -0.2) is 4.98 Å². The number of halogens is 2. The van der Waals surface area contributed by atoms with Crippen LogP contribution in [0.15, 0.2) is 54.7 Å². The van der Waals surface area contributed by atoms with Crippen LogP contribution in [0.1, 0.15) is 5.56 Å². The minimum atomic E-state index is 0.526. The van der Waals surface area contributed by atoms with Crippen molar-refractivity contribution in [1.82, 2.24) is 4.98 Å². The maximum atomic E-state index is 6.10. The monoisotopic (exact) mass is 302 g/mol. The van der Waals surface area contributed by atoms with Gasteiger partial charge in [-0.3, -0.25) is 0 Å². The highest BCUT2D eigenvalue weighted by Crippen LogP contribution is 2.24. The number of nitrogens with one attached hydrogen (secondary N) is 1. The molecule has 0 aliphatic heterocycles. The van der Waals surface area contributed by atoms with E-state index in [1.165, 1.54) is 16.3 Å². The van der Waals surface area contributed by atoms with Gasteiger partial charge in [-0.05, 0) is 22.4 Å². The number of pyridine rings is 1. The Kier molecular flexibility index (Phi) is 3.77. The Labute approximate surface area is 127 Å². The van der Waals surface area contributed by atoms with Gasteiger partial charge in [0, 0.05) is 12.7 Å². The third-order valence-electron chi connectivity index (χ3n) is 3.13. The van der Waals surface area contributed by atoms with E-state index in [0.717, 1.165) is 0 Å². The summed E-state index contributed by atoms with van der Waals surface area (Å²) in [6.45, 7) is 0.662. The number of hydrogen-bond acceptors (Lipinski definition) is 2. The lowest BCUT2D eigenvalue weighted by atomic mass is 10.0. The van der Waals surface area contributed by atoms with Crippen LogP contribution in [0.25, 0.3) is 10.8 Å². The van der Waals surface area contributed by atoms with Crippen LogP contribution in [0.3, 0.4) is 0 Å². The molecule has 3 aromatic rings. The summed E-state index contributed by atoms with van der Waals surface area (Å²) in [6, 6.07) is 16.2. The molecule has 0 radical (unpaired) electrons. The zero-order valence-corrected chi connectivity index (χ0v) is 12.1. The molecule has 0 spiro atoms. The molecule has 0 aliphatic rings. The highest BCUT2D eigenvalue weighted by Gasteiger charge is 2.04. The van der Waals surface area contributed by atoms with Gasteiger partial charge < -0.3 is 5.32 Å². The zero-order chi connectivity index (χ0) is 13.9. The van der Waals surface area contributed by atoms with Gasteiger partial charge in [0.15, 0.2) is 0 Å². The molecule has 4 heteroatoms. The predicted molar refractivity (Wildman–Crippen MR) is 85.5 cm³/mol. The summed E-state index contributed by atoms with van der Waals surface area (Å²) < 4.78 is 0. The Bertz CT molecular complexity index is 751. The summed E-state index contributed by atoms with van der Waals surface area (Å²) in [7, 11) is 0. The molecular formula is C16H12Cl2N2. The lowest BCUT2D eigenvalue weighted by Gasteiger charge is -2.10. The Morgan fingerprint density at radius 1 is 1.00 bits per heavy atom. The first kappa shape index (κ1) is 13.2. The van der Waals surface area contributed by atoms with Crippen molar-refractivity contribution in [3.63, 3.8) is 0 Å². The summed E-state index contributed by atoms with van der Waals surface area (Å²) in [6.07, 6.45) is 1.58. The molecule has 0 bridgehead atoms. The first-order chi connectivity index (χ1) is 9.74. The van der Waals surface area contributed by atoms with E-state index in [0.29, 0.717) is 22.4 Å². The normalized spacial score (nSPS) is 10.7. The van der Waals surface area contributed by atoms with Gasteiger partial charge in [-0.1, -0.05) is 65.7 Å². The Morgan fingerprint density at radius 2 is 1.80 bits per heavy atom. The van der Waals surface area contributed by atoms with Gasteiger partial charge in [0.05, 0.1) is 10.0 Å². The largest absolute Gasteiger partial charge is 0.365 e. The van der Waals surface area contributed by atoms with E-state index in [1.807, 2.05) is 12.1 Å². The smallest absolute Gasteiger partial charge is 0.145 e. The zero-order valence-electron chi connectivity index (χ0n) is 10.6. The molecule has 3 rings (SSSR count). The third-order valence-corrected chi connectivity index (χ3v) is 3.63. The number of benzene rings is 2. The molecule has 0 saturated heterocycles. The summed E-state index contributed by atoms with van der Waals surface area (Å²) in [4.78, 5) is 4.20. The van der Waals surface area contributed by atoms with Gasteiger partial charge in [-0.15, -0.1) is 0 Å². The molecule has 2 nitrogen and oxygen atoms in total. The van der Waals surface area contributed by atoms with Crippen LogP contribution in [0.5, 0.6) is 0 Å². The fraction of sp³-hybridized carbons (Fsp3) is 0.0625. The van der Waals surface area contributed by atoms with Crippen molar-refractivity contribution in [3.8, 4) is 0 Å². The topological polar surface area (TPSA) is 24.9 Å². The van der Waals surface area contributed by atoms with Crippen LogP contribution in [0, 0.1) is 0 Å². The number of fused-ring (bicyclic) bond motifs is 1. The van der Waals surface area contributed by atoms with Crippen molar-refractivity contribution in [2.24, 2.45) is 0 Å². The standard InChI is InChI=1S/C16H12Cl2N2/c17-13-8-15(18)16(20-10-13)19-9-12-6-3-5-11-4-1-2-7-14(11)12/h1-8,10H,9H2,(H,19,20). The minimum absolute atomic E-state index is 0.526. The van der Waals surface area contributed by atoms with Crippen LogP contribution in [-0.2, 0) is 6.54 Å². The van der Waals surface area contributed by atoms with E-state index in [-0.39, 0.29) is 0 Å². The van der Waals surface area contributed by atoms with E-state index >= 15 is 0 Å². The average Bonchev–Trinajstić information content (AvgIpc) is 2.46. The van der Waals surface area contributed by atoms with Gasteiger partial charge in [0.25, 0.3) is 0 Å². The van der Waals surface area contributed by atoms with E-state index in [4.69, 9.17) is 23.2 Å². The molecular weight excluding hydrogens is 291 g/mol. The van der Waals surface area contributed by atoms with Crippen molar-refractivity contribution in [3.05, 3.63) is 70.3 Å². The Balaban J connectivity index is 1.87. The predicted octanol–water partition coefficient (Wildman–Crippen LogP) is 5.15. The van der Waals surface area contributed by atoms with Crippen molar-refractivity contribution >= 4 is 39.8 Å². The fourth-order valence-corrected chi connectivity index (χ4v) is 2.62. The van der Waals surface area contributed by atoms with Crippen LogP contribution < -0.4 is 5.32 Å². The molecule has 100 valence electrons. The SMILES string of the molecule is Clc1cnc(NCc2cccc3ccccc23)c(Cl)c1. The molecule has 0 saturated carbocycles. The molecule has 2 aromatic carbocycles. The highest BCUT2D eigenvalue weighted by molar-refractivity contribution is 6.35. The van der Waals surface area contributed by atoms with Crippen molar-refractivity contribution in [1.29, 1.82) is 0 Å². The molecule has 1 heterocycles. The molecule has 1 aromatic heterocycles. The summed E-state index contributed by atoms with van der Waals surface area (Å²) in [5.74, 6) is 0.643. The molecule has 20 heavy (non-hydrogen) atoms. The summed E-state index contributed by atoms with van der Waals surface area (Å²) >= 11 is 11.9.